The van der Waals surface area contributed by atoms with Crippen LogP contribution in [0, 0.1) is 0 Å². The van der Waals surface area contributed by atoms with E-state index < -0.39 is 0 Å². The smallest absolute Gasteiger partial charge is 0.327 e. The maximum Gasteiger partial charge on any atom is 0.327 e. The van der Waals surface area contributed by atoms with Gasteiger partial charge in [-0.3, -0.25) is 14.5 Å². The Morgan fingerprint density at radius 2 is 1.89 bits per heavy atom. The topological polar surface area (TPSA) is 60.9 Å². The lowest BCUT2D eigenvalue weighted by molar-refractivity contribution is -0.137. The van der Waals surface area contributed by atoms with Crippen LogP contribution in [0.15, 0.2) is 0 Å². The Labute approximate surface area is 113 Å². The molecule has 2 aliphatic rings. The molecule has 0 N–H and O–H groups in total. The molecule has 0 bridgehead atoms. The van der Waals surface area contributed by atoms with Crippen LogP contribution in [0.5, 0.6) is 0 Å². The maximum absolute atomic E-state index is 12.2. The van der Waals surface area contributed by atoms with Crippen LogP contribution in [0.2, 0.25) is 0 Å². The van der Waals surface area contributed by atoms with Gasteiger partial charge in [-0.1, -0.05) is 19.3 Å². The Bertz CT molecular complexity index is 391. The summed E-state index contributed by atoms with van der Waals surface area (Å²) in [4.78, 5) is 39.6. The number of imide groups is 1. The third-order valence-electron chi connectivity index (χ3n) is 4.04. The van der Waals surface area contributed by atoms with Crippen LogP contribution in [-0.4, -0.2) is 65.8 Å². The number of amides is 4. The van der Waals surface area contributed by atoms with E-state index in [-0.39, 0.29) is 37.0 Å². The van der Waals surface area contributed by atoms with Gasteiger partial charge in [-0.15, -0.1) is 0 Å². The van der Waals surface area contributed by atoms with Gasteiger partial charge >= 0.3 is 6.03 Å². The second kappa shape index (κ2) is 5.59. The molecule has 0 radical (unpaired) electrons. The average molecular weight is 267 g/mol. The zero-order chi connectivity index (χ0) is 14.0. The number of hydrogen-bond acceptors (Lipinski definition) is 3. The van der Waals surface area contributed by atoms with Crippen molar-refractivity contribution in [3.05, 3.63) is 0 Å². The molecule has 19 heavy (non-hydrogen) atoms. The summed E-state index contributed by atoms with van der Waals surface area (Å²) in [6.45, 7) is -0.0612. The number of rotatable bonds is 3. The van der Waals surface area contributed by atoms with Gasteiger partial charge in [0.2, 0.25) is 5.91 Å². The summed E-state index contributed by atoms with van der Waals surface area (Å²) in [5.41, 5.74) is 0. The van der Waals surface area contributed by atoms with Crippen LogP contribution in [0.25, 0.3) is 0 Å². The molecule has 1 aliphatic heterocycles. The van der Waals surface area contributed by atoms with Gasteiger partial charge < -0.3 is 9.80 Å². The molecular weight excluding hydrogens is 246 g/mol. The van der Waals surface area contributed by atoms with E-state index in [9.17, 15) is 14.4 Å². The second-order valence-electron chi connectivity index (χ2n) is 5.41. The number of urea groups is 1. The number of hydrogen-bond donors (Lipinski definition) is 0. The van der Waals surface area contributed by atoms with Crippen molar-refractivity contribution in [2.45, 2.75) is 38.1 Å². The first-order valence-corrected chi connectivity index (χ1v) is 6.82. The highest BCUT2D eigenvalue weighted by molar-refractivity contribution is 6.04. The first kappa shape index (κ1) is 13.8. The third-order valence-corrected chi connectivity index (χ3v) is 4.04. The molecule has 1 heterocycles. The van der Waals surface area contributed by atoms with Crippen LogP contribution >= 0.6 is 0 Å². The van der Waals surface area contributed by atoms with Gasteiger partial charge in [-0.25, -0.2) is 4.79 Å². The SMILES string of the molecule is CN1CC(=O)N(CC(=O)N(C)C2CCCCC2)C1=O. The van der Waals surface area contributed by atoms with E-state index in [1.165, 1.54) is 11.3 Å². The average Bonchev–Trinajstić information content (AvgIpc) is 2.65. The van der Waals surface area contributed by atoms with Crippen molar-refractivity contribution in [3.63, 3.8) is 0 Å². The quantitative estimate of drug-likeness (QED) is 0.706. The second-order valence-corrected chi connectivity index (χ2v) is 5.41. The molecule has 1 saturated carbocycles. The fourth-order valence-corrected chi connectivity index (χ4v) is 2.74. The molecule has 0 aromatic carbocycles. The summed E-state index contributed by atoms with van der Waals surface area (Å²) >= 11 is 0. The molecule has 2 fully saturated rings. The van der Waals surface area contributed by atoms with Crippen LogP contribution in [0.3, 0.4) is 0 Å². The minimum Gasteiger partial charge on any atom is -0.341 e. The lowest BCUT2D eigenvalue weighted by Gasteiger charge is -2.32. The van der Waals surface area contributed by atoms with E-state index in [4.69, 9.17) is 0 Å². The van der Waals surface area contributed by atoms with E-state index in [2.05, 4.69) is 0 Å². The van der Waals surface area contributed by atoms with Crippen LogP contribution in [0.4, 0.5) is 4.79 Å². The fourth-order valence-electron chi connectivity index (χ4n) is 2.74. The molecule has 1 saturated heterocycles. The molecular formula is C13H21N3O3. The third kappa shape index (κ3) is 2.88. The zero-order valence-corrected chi connectivity index (χ0v) is 11.6. The summed E-state index contributed by atoms with van der Waals surface area (Å²) in [6, 6.07) is -0.123. The minimum atomic E-state index is -0.379. The predicted molar refractivity (Wildman–Crippen MR) is 69.4 cm³/mol. The van der Waals surface area contributed by atoms with Gasteiger partial charge in [0.1, 0.15) is 13.1 Å². The van der Waals surface area contributed by atoms with Crippen molar-refractivity contribution < 1.29 is 14.4 Å². The van der Waals surface area contributed by atoms with Crippen LogP contribution in [0.1, 0.15) is 32.1 Å². The zero-order valence-electron chi connectivity index (χ0n) is 11.6. The summed E-state index contributed by atoms with van der Waals surface area (Å²) in [7, 11) is 3.34. The number of likely N-dealkylation sites (N-methyl/N-ethyl adjacent to an activating group) is 2. The lowest BCUT2D eigenvalue weighted by Crippen LogP contribution is -2.46. The summed E-state index contributed by atoms with van der Waals surface area (Å²) < 4.78 is 0. The van der Waals surface area contributed by atoms with Gasteiger partial charge in [-0.05, 0) is 12.8 Å². The lowest BCUT2D eigenvalue weighted by atomic mass is 9.94. The molecule has 0 unspecified atom stereocenters. The summed E-state index contributed by atoms with van der Waals surface area (Å²) in [5.74, 6) is -0.443. The highest BCUT2D eigenvalue weighted by atomic mass is 16.2. The molecule has 0 atom stereocenters. The van der Waals surface area contributed by atoms with Crippen LogP contribution in [-0.2, 0) is 9.59 Å². The first-order chi connectivity index (χ1) is 9.00. The highest BCUT2D eigenvalue weighted by Gasteiger charge is 2.36. The van der Waals surface area contributed by atoms with E-state index >= 15 is 0 Å². The molecule has 106 valence electrons. The Kier molecular flexibility index (Phi) is 4.07. The van der Waals surface area contributed by atoms with E-state index in [0.29, 0.717) is 0 Å². The molecule has 0 spiro atoms. The van der Waals surface area contributed by atoms with Gasteiger partial charge in [0, 0.05) is 20.1 Å². The van der Waals surface area contributed by atoms with Crippen molar-refractivity contribution in [3.8, 4) is 0 Å². The van der Waals surface area contributed by atoms with E-state index in [1.807, 2.05) is 0 Å². The predicted octanol–water partition coefficient (Wildman–Crippen LogP) is 0.671. The molecule has 0 aromatic heterocycles. The largest absolute Gasteiger partial charge is 0.341 e. The number of carbonyl (C=O) groups is 3. The standard InChI is InChI=1S/C13H21N3O3/c1-14-8-12(18)16(13(14)19)9-11(17)15(2)10-6-4-3-5-7-10/h10H,3-9H2,1-2H3. The van der Waals surface area contributed by atoms with Crippen molar-refractivity contribution in [2.75, 3.05) is 27.2 Å². The molecule has 6 nitrogen and oxygen atoms in total. The molecule has 2 rings (SSSR count). The van der Waals surface area contributed by atoms with E-state index in [1.54, 1.807) is 19.0 Å². The van der Waals surface area contributed by atoms with Gasteiger partial charge in [0.15, 0.2) is 0 Å². The molecule has 6 heteroatoms. The monoisotopic (exact) mass is 267 g/mol. The van der Waals surface area contributed by atoms with Crippen molar-refractivity contribution in [1.82, 2.24) is 14.7 Å². The van der Waals surface area contributed by atoms with Gasteiger partial charge in [-0.2, -0.15) is 0 Å². The Hall–Kier alpha value is -1.59. The van der Waals surface area contributed by atoms with Crippen LogP contribution < -0.4 is 0 Å². The number of carbonyl (C=O) groups excluding carboxylic acids is 3. The summed E-state index contributed by atoms with van der Waals surface area (Å²) in [5, 5.41) is 0. The number of nitrogens with zero attached hydrogens (tertiary/aromatic N) is 3. The Balaban J connectivity index is 1.93. The fraction of sp³-hybridized carbons (Fsp3) is 0.769. The normalized spacial score (nSPS) is 21.2. The van der Waals surface area contributed by atoms with Gasteiger partial charge in [0.25, 0.3) is 5.91 Å². The molecule has 0 aromatic rings. The molecule has 4 amide bonds. The molecule has 1 aliphatic carbocycles. The van der Waals surface area contributed by atoms with Gasteiger partial charge in [0.05, 0.1) is 0 Å². The van der Waals surface area contributed by atoms with Crippen molar-refractivity contribution in [1.29, 1.82) is 0 Å². The Morgan fingerprint density at radius 3 is 2.42 bits per heavy atom. The van der Waals surface area contributed by atoms with Crippen molar-refractivity contribution in [2.24, 2.45) is 0 Å². The highest BCUT2D eigenvalue weighted by Crippen LogP contribution is 2.22. The Morgan fingerprint density at radius 1 is 1.26 bits per heavy atom. The summed E-state index contributed by atoms with van der Waals surface area (Å²) in [6.07, 6.45) is 5.56. The van der Waals surface area contributed by atoms with E-state index in [0.717, 1.165) is 30.6 Å². The minimum absolute atomic E-state index is 0.0687. The first-order valence-electron chi connectivity index (χ1n) is 6.82. The van der Waals surface area contributed by atoms with Crippen molar-refractivity contribution >= 4 is 17.8 Å². The maximum atomic E-state index is 12.2.